The van der Waals surface area contributed by atoms with Crippen LogP contribution in [0.15, 0.2) is 76.1 Å². The van der Waals surface area contributed by atoms with Gasteiger partial charge in [0.1, 0.15) is 0 Å². The number of carbonyl (C=O) groups is 1. The summed E-state index contributed by atoms with van der Waals surface area (Å²) in [6.07, 6.45) is -4.12. The Balaban J connectivity index is 1.34. The molecule has 0 bridgehead atoms. The molecule has 1 heterocycles. The third kappa shape index (κ3) is 8.01. The van der Waals surface area contributed by atoms with Crippen LogP contribution < -0.4 is 10.0 Å². The van der Waals surface area contributed by atoms with Gasteiger partial charge in [0.2, 0.25) is 15.9 Å². The molecule has 1 fully saturated rings. The lowest BCUT2D eigenvalue weighted by Gasteiger charge is -2.30. The molecule has 0 aliphatic carbocycles. The predicted octanol–water partition coefficient (Wildman–Crippen LogP) is 6.10. The molecular weight excluding hydrogens is 671 g/mol. The Labute approximate surface area is 249 Å². The van der Waals surface area contributed by atoms with Crippen molar-refractivity contribution in [2.75, 3.05) is 23.1 Å². The number of sulfonamides is 2. The maximum absolute atomic E-state index is 13.1. The molecule has 0 unspecified atom stereocenters. The summed E-state index contributed by atoms with van der Waals surface area (Å²) < 4.78 is 94.6. The van der Waals surface area contributed by atoms with Crippen LogP contribution in [0.2, 0.25) is 5.02 Å². The Morgan fingerprint density at radius 1 is 0.951 bits per heavy atom. The number of halogens is 5. The molecule has 220 valence electrons. The van der Waals surface area contributed by atoms with Gasteiger partial charge in [-0.1, -0.05) is 39.7 Å². The second-order valence-electron chi connectivity index (χ2n) is 9.37. The summed E-state index contributed by atoms with van der Waals surface area (Å²) in [5, 5.41) is 2.14. The normalized spacial score (nSPS) is 15.4. The molecule has 1 amide bonds. The molecule has 0 atom stereocenters. The lowest BCUT2D eigenvalue weighted by Crippen LogP contribution is -2.41. The van der Waals surface area contributed by atoms with Gasteiger partial charge < -0.3 is 5.32 Å². The van der Waals surface area contributed by atoms with E-state index in [2.05, 4.69) is 26.0 Å². The van der Waals surface area contributed by atoms with Crippen molar-refractivity contribution in [1.82, 2.24) is 4.31 Å². The van der Waals surface area contributed by atoms with Crippen LogP contribution in [0.25, 0.3) is 0 Å². The quantitative estimate of drug-likeness (QED) is 0.296. The summed E-state index contributed by atoms with van der Waals surface area (Å²) >= 11 is 8.91. The van der Waals surface area contributed by atoms with Crippen LogP contribution in [0.1, 0.15) is 24.0 Å². The van der Waals surface area contributed by atoms with Crippen molar-refractivity contribution in [2.24, 2.45) is 5.92 Å². The van der Waals surface area contributed by atoms with Crippen LogP contribution in [0.5, 0.6) is 0 Å². The highest BCUT2D eigenvalue weighted by Gasteiger charge is 2.34. The van der Waals surface area contributed by atoms with Gasteiger partial charge in [0.05, 0.1) is 21.2 Å². The van der Waals surface area contributed by atoms with Crippen LogP contribution in [0.4, 0.5) is 24.5 Å². The molecule has 0 radical (unpaired) electrons. The van der Waals surface area contributed by atoms with Crippen molar-refractivity contribution in [3.63, 3.8) is 0 Å². The van der Waals surface area contributed by atoms with Crippen LogP contribution in [-0.4, -0.2) is 40.1 Å². The Morgan fingerprint density at radius 3 is 2.20 bits per heavy atom. The molecule has 3 aromatic rings. The average Bonchev–Trinajstić information content (AvgIpc) is 2.89. The summed E-state index contributed by atoms with van der Waals surface area (Å²) in [6, 6.07) is 14.8. The van der Waals surface area contributed by atoms with Crippen molar-refractivity contribution in [2.45, 2.75) is 29.7 Å². The number of anilines is 2. The Morgan fingerprint density at radius 2 is 1.59 bits per heavy atom. The number of nitrogens with one attached hydrogen (secondary N) is 2. The van der Waals surface area contributed by atoms with E-state index in [-0.39, 0.29) is 35.3 Å². The van der Waals surface area contributed by atoms with E-state index < -0.39 is 42.7 Å². The van der Waals surface area contributed by atoms with Crippen molar-refractivity contribution < 1.29 is 34.8 Å². The molecule has 4 rings (SSSR count). The van der Waals surface area contributed by atoms with E-state index in [1.165, 1.54) is 28.6 Å². The molecule has 1 aliphatic rings. The van der Waals surface area contributed by atoms with Crippen molar-refractivity contribution >= 4 is 64.9 Å². The van der Waals surface area contributed by atoms with Gasteiger partial charge in [0, 0.05) is 34.9 Å². The molecule has 1 aliphatic heterocycles. The number of carbonyl (C=O) groups excluding carboxylic acids is 1. The molecule has 0 saturated carbocycles. The SMILES string of the molecule is O=C(Nc1ccc(S(=O)(=O)Nc2ccc(Cl)c(C(F)(F)F)c2)cc1)C1CCN(S(=O)(=O)Cc2cccc(Br)c2)CC1. The number of piperidine rings is 1. The molecule has 3 aromatic carbocycles. The zero-order chi connectivity index (χ0) is 30.0. The first-order chi connectivity index (χ1) is 19.1. The highest BCUT2D eigenvalue weighted by molar-refractivity contribution is 9.10. The minimum Gasteiger partial charge on any atom is -0.326 e. The molecule has 41 heavy (non-hydrogen) atoms. The molecule has 1 saturated heterocycles. The Hall–Kier alpha value is -2.65. The summed E-state index contributed by atoms with van der Waals surface area (Å²) in [5.41, 5.74) is -0.530. The number of rotatable bonds is 8. The molecule has 2 N–H and O–H groups in total. The minimum atomic E-state index is -4.76. The van der Waals surface area contributed by atoms with Gasteiger partial charge in [-0.2, -0.15) is 13.2 Å². The van der Waals surface area contributed by atoms with E-state index in [9.17, 15) is 34.8 Å². The fourth-order valence-corrected chi connectivity index (χ4v) is 7.58. The smallest absolute Gasteiger partial charge is 0.326 e. The maximum atomic E-state index is 13.1. The third-order valence-corrected chi connectivity index (χ3v) is 10.5. The number of alkyl halides is 3. The van der Waals surface area contributed by atoms with Crippen LogP contribution in [-0.2, 0) is 36.8 Å². The topological polar surface area (TPSA) is 113 Å². The van der Waals surface area contributed by atoms with E-state index in [0.717, 1.165) is 16.6 Å². The zero-order valence-corrected chi connectivity index (χ0v) is 25.1. The standard InChI is InChI=1S/C26H24BrClF3N3O5S2/c27-19-3-1-2-17(14-19)16-40(36,37)34-12-10-18(11-13-34)25(35)32-20-4-7-22(8-5-20)41(38,39)33-21-6-9-24(28)23(15-21)26(29,30)31/h1-9,14-15,18,33H,10-13,16H2,(H,32,35). The summed E-state index contributed by atoms with van der Waals surface area (Å²) in [7, 11) is -7.80. The monoisotopic (exact) mass is 693 g/mol. The number of amides is 1. The van der Waals surface area contributed by atoms with Gasteiger partial charge in [-0.3, -0.25) is 9.52 Å². The van der Waals surface area contributed by atoms with Crippen LogP contribution in [0.3, 0.4) is 0 Å². The summed E-state index contributed by atoms with van der Waals surface area (Å²) in [6.45, 7) is 0.385. The number of hydrogen-bond acceptors (Lipinski definition) is 5. The first-order valence-corrected chi connectivity index (χ1v) is 16.4. The van der Waals surface area contributed by atoms with Crippen molar-refractivity contribution in [3.8, 4) is 0 Å². The maximum Gasteiger partial charge on any atom is 0.417 e. The minimum absolute atomic E-state index is 0.144. The molecular formula is C26H24BrClF3N3O5S2. The lowest BCUT2D eigenvalue weighted by molar-refractivity contribution is -0.137. The average molecular weight is 695 g/mol. The summed E-state index contributed by atoms with van der Waals surface area (Å²) in [4.78, 5) is 12.6. The highest BCUT2D eigenvalue weighted by Crippen LogP contribution is 2.36. The third-order valence-electron chi connectivity index (χ3n) is 6.41. The van der Waals surface area contributed by atoms with E-state index in [0.29, 0.717) is 30.2 Å². The molecule has 0 aromatic heterocycles. The fraction of sp³-hybridized carbons (Fsp3) is 0.269. The van der Waals surface area contributed by atoms with E-state index in [1.54, 1.807) is 24.3 Å². The number of benzene rings is 3. The van der Waals surface area contributed by atoms with E-state index in [4.69, 9.17) is 11.6 Å². The first-order valence-electron chi connectivity index (χ1n) is 12.2. The largest absolute Gasteiger partial charge is 0.417 e. The Bertz CT molecular complexity index is 1650. The van der Waals surface area contributed by atoms with Gasteiger partial charge in [-0.25, -0.2) is 21.1 Å². The molecule has 8 nitrogen and oxygen atoms in total. The van der Waals surface area contributed by atoms with Crippen molar-refractivity contribution in [3.05, 3.63) is 87.4 Å². The predicted molar refractivity (Wildman–Crippen MR) is 153 cm³/mol. The number of hydrogen-bond donors (Lipinski definition) is 2. The second kappa shape index (κ2) is 12.3. The van der Waals surface area contributed by atoms with Gasteiger partial charge in [-0.15, -0.1) is 0 Å². The van der Waals surface area contributed by atoms with Gasteiger partial charge in [0.25, 0.3) is 10.0 Å². The van der Waals surface area contributed by atoms with Crippen molar-refractivity contribution in [1.29, 1.82) is 0 Å². The molecule has 15 heteroatoms. The first kappa shape index (κ1) is 31.3. The summed E-state index contributed by atoms with van der Waals surface area (Å²) in [5.74, 6) is -0.914. The molecule has 0 spiro atoms. The van der Waals surface area contributed by atoms with Gasteiger partial charge in [-0.05, 0) is 73.0 Å². The highest BCUT2D eigenvalue weighted by atomic mass is 79.9. The van der Waals surface area contributed by atoms with Crippen LogP contribution in [0, 0.1) is 5.92 Å². The van der Waals surface area contributed by atoms with E-state index >= 15 is 0 Å². The van der Waals surface area contributed by atoms with Gasteiger partial charge >= 0.3 is 6.18 Å². The second-order valence-corrected chi connectivity index (χ2v) is 14.3. The van der Waals surface area contributed by atoms with Gasteiger partial charge in [0.15, 0.2) is 0 Å². The van der Waals surface area contributed by atoms with Crippen LogP contribution >= 0.6 is 27.5 Å². The fourth-order valence-electron chi connectivity index (χ4n) is 4.31. The van der Waals surface area contributed by atoms with E-state index in [1.807, 2.05) is 0 Å². The lowest BCUT2D eigenvalue weighted by atomic mass is 9.97. The Kier molecular flexibility index (Phi) is 9.38. The number of nitrogens with zero attached hydrogens (tertiary/aromatic N) is 1. The zero-order valence-electron chi connectivity index (χ0n) is 21.2.